The van der Waals surface area contributed by atoms with E-state index in [4.69, 9.17) is 4.74 Å². The molecule has 2 atom stereocenters. The van der Waals surface area contributed by atoms with E-state index < -0.39 is 5.60 Å². The fraction of sp³-hybridized carbons (Fsp3) is 0.923. The van der Waals surface area contributed by atoms with Crippen LogP contribution in [0.25, 0.3) is 0 Å². The first kappa shape index (κ1) is 11.1. The molecule has 2 nitrogen and oxygen atoms in total. The van der Waals surface area contributed by atoms with Crippen LogP contribution in [0.15, 0.2) is 0 Å². The van der Waals surface area contributed by atoms with Crippen molar-refractivity contribution in [1.82, 2.24) is 0 Å². The maximum Gasteiger partial charge on any atom is 0.169 e. The summed E-state index contributed by atoms with van der Waals surface area (Å²) in [6, 6.07) is 0. The minimum Gasteiger partial charge on any atom is -0.367 e. The Morgan fingerprint density at radius 1 is 1.47 bits per heavy atom. The van der Waals surface area contributed by atoms with Gasteiger partial charge in [0.15, 0.2) is 5.78 Å². The third-order valence-electron chi connectivity index (χ3n) is 4.22. The standard InChI is InChI=1S/C13H22O2/c1-9(10-5-4-6-10)7-11-8-15-13(2,3)12(11)14/h9-11H,4-8H2,1-3H3. The second kappa shape index (κ2) is 3.89. The number of carbonyl (C=O) groups is 1. The Bertz CT molecular complexity index is 253. The highest BCUT2D eigenvalue weighted by Crippen LogP contribution is 2.38. The third kappa shape index (κ3) is 2.10. The first-order chi connectivity index (χ1) is 7.00. The zero-order chi connectivity index (χ0) is 11.1. The van der Waals surface area contributed by atoms with Gasteiger partial charge in [-0.2, -0.15) is 0 Å². The highest BCUT2D eigenvalue weighted by molar-refractivity contribution is 5.90. The van der Waals surface area contributed by atoms with Crippen LogP contribution in [0.4, 0.5) is 0 Å². The molecule has 0 spiro atoms. The lowest BCUT2D eigenvalue weighted by Crippen LogP contribution is -2.31. The van der Waals surface area contributed by atoms with Crippen LogP contribution in [0.5, 0.6) is 0 Å². The molecule has 0 bridgehead atoms. The molecular weight excluding hydrogens is 188 g/mol. The van der Waals surface area contributed by atoms with Gasteiger partial charge in [0.2, 0.25) is 0 Å². The van der Waals surface area contributed by atoms with Gasteiger partial charge in [0.1, 0.15) is 5.60 Å². The van der Waals surface area contributed by atoms with Crippen molar-refractivity contribution in [2.75, 3.05) is 6.61 Å². The summed E-state index contributed by atoms with van der Waals surface area (Å²) in [5.41, 5.74) is -0.524. The molecule has 15 heavy (non-hydrogen) atoms. The highest BCUT2D eigenvalue weighted by atomic mass is 16.5. The van der Waals surface area contributed by atoms with E-state index in [2.05, 4.69) is 6.92 Å². The van der Waals surface area contributed by atoms with E-state index in [0.29, 0.717) is 18.3 Å². The number of hydrogen-bond acceptors (Lipinski definition) is 2. The Balaban J connectivity index is 1.87. The summed E-state index contributed by atoms with van der Waals surface area (Å²) in [5, 5.41) is 0. The van der Waals surface area contributed by atoms with E-state index in [-0.39, 0.29) is 5.92 Å². The van der Waals surface area contributed by atoms with Gasteiger partial charge in [-0.3, -0.25) is 4.79 Å². The molecule has 1 saturated carbocycles. The van der Waals surface area contributed by atoms with Crippen molar-refractivity contribution in [3.05, 3.63) is 0 Å². The van der Waals surface area contributed by atoms with Gasteiger partial charge in [-0.1, -0.05) is 26.2 Å². The number of ether oxygens (including phenoxy) is 1. The molecule has 1 heterocycles. The molecule has 0 aromatic heterocycles. The number of rotatable bonds is 3. The van der Waals surface area contributed by atoms with Crippen LogP contribution in [-0.2, 0) is 9.53 Å². The van der Waals surface area contributed by atoms with Crippen LogP contribution in [-0.4, -0.2) is 18.0 Å². The largest absolute Gasteiger partial charge is 0.367 e. The molecule has 1 saturated heterocycles. The van der Waals surface area contributed by atoms with Crippen molar-refractivity contribution in [2.45, 2.75) is 52.1 Å². The third-order valence-corrected chi connectivity index (χ3v) is 4.22. The molecule has 0 aromatic carbocycles. The van der Waals surface area contributed by atoms with Gasteiger partial charge < -0.3 is 4.74 Å². The van der Waals surface area contributed by atoms with Crippen LogP contribution in [0, 0.1) is 17.8 Å². The number of Topliss-reactive ketones (excluding diaryl/α,β-unsaturated/α-hetero) is 1. The first-order valence-electron chi connectivity index (χ1n) is 6.19. The van der Waals surface area contributed by atoms with E-state index in [9.17, 15) is 4.79 Å². The van der Waals surface area contributed by atoms with E-state index in [1.165, 1.54) is 19.3 Å². The zero-order valence-electron chi connectivity index (χ0n) is 10.1. The van der Waals surface area contributed by atoms with Crippen LogP contribution >= 0.6 is 0 Å². The Hall–Kier alpha value is -0.370. The normalized spacial score (nSPS) is 32.7. The van der Waals surface area contributed by atoms with Gasteiger partial charge in [-0.15, -0.1) is 0 Å². The van der Waals surface area contributed by atoms with Gasteiger partial charge in [-0.25, -0.2) is 0 Å². The highest BCUT2D eigenvalue weighted by Gasteiger charge is 2.42. The Labute approximate surface area is 92.4 Å². The molecule has 86 valence electrons. The van der Waals surface area contributed by atoms with Gasteiger partial charge in [0.25, 0.3) is 0 Å². The predicted molar refractivity (Wildman–Crippen MR) is 59.7 cm³/mol. The molecule has 2 unspecified atom stereocenters. The van der Waals surface area contributed by atoms with Crippen LogP contribution in [0.2, 0.25) is 0 Å². The second-order valence-corrected chi connectivity index (χ2v) is 5.79. The van der Waals surface area contributed by atoms with E-state index >= 15 is 0 Å². The zero-order valence-corrected chi connectivity index (χ0v) is 10.1. The Morgan fingerprint density at radius 3 is 2.53 bits per heavy atom. The average molecular weight is 210 g/mol. The molecule has 1 aliphatic carbocycles. The maximum absolute atomic E-state index is 12.0. The number of hydrogen-bond donors (Lipinski definition) is 0. The maximum atomic E-state index is 12.0. The Kier molecular flexibility index (Phi) is 2.89. The molecular formula is C13H22O2. The van der Waals surface area contributed by atoms with Crippen molar-refractivity contribution >= 4 is 5.78 Å². The van der Waals surface area contributed by atoms with Gasteiger partial charge >= 0.3 is 0 Å². The summed E-state index contributed by atoms with van der Waals surface area (Å²) < 4.78 is 5.55. The topological polar surface area (TPSA) is 26.3 Å². The second-order valence-electron chi connectivity index (χ2n) is 5.79. The lowest BCUT2D eigenvalue weighted by atomic mass is 9.73. The fourth-order valence-corrected chi connectivity index (χ4v) is 2.77. The summed E-state index contributed by atoms with van der Waals surface area (Å²) >= 11 is 0. The van der Waals surface area contributed by atoms with Crippen molar-refractivity contribution in [2.24, 2.45) is 17.8 Å². The van der Waals surface area contributed by atoms with Crippen LogP contribution in [0.3, 0.4) is 0 Å². The van der Waals surface area contributed by atoms with Gasteiger partial charge in [-0.05, 0) is 32.1 Å². The lowest BCUT2D eigenvalue weighted by Gasteiger charge is -2.32. The first-order valence-corrected chi connectivity index (χ1v) is 6.19. The molecule has 2 rings (SSSR count). The monoisotopic (exact) mass is 210 g/mol. The van der Waals surface area contributed by atoms with E-state index in [1.54, 1.807) is 0 Å². The predicted octanol–water partition coefficient (Wildman–Crippen LogP) is 2.81. The summed E-state index contributed by atoms with van der Waals surface area (Å²) in [4.78, 5) is 12.0. The summed E-state index contributed by atoms with van der Waals surface area (Å²) in [7, 11) is 0. The van der Waals surface area contributed by atoms with Crippen LogP contribution < -0.4 is 0 Å². The fourth-order valence-electron chi connectivity index (χ4n) is 2.77. The van der Waals surface area contributed by atoms with Crippen molar-refractivity contribution < 1.29 is 9.53 Å². The summed E-state index contributed by atoms with van der Waals surface area (Å²) in [6.07, 6.45) is 5.15. The van der Waals surface area contributed by atoms with E-state index in [1.807, 2.05) is 13.8 Å². The quantitative estimate of drug-likeness (QED) is 0.716. The molecule has 2 aliphatic rings. The smallest absolute Gasteiger partial charge is 0.169 e. The van der Waals surface area contributed by atoms with E-state index in [0.717, 1.165) is 12.3 Å². The summed E-state index contributed by atoms with van der Waals surface area (Å²) in [5.74, 6) is 2.05. The summed E-state index contributed by atoms with van der Waals surface area (Å²) in [6.45, 7) is 6.72. The minimum absolute atomic E-state index is 0.163. The molecule has 0 radical (unpaired) electrons. The lowest BCUT2D eigenvalue weighted by molar-refractivity contribution is -0.130. The molecule has 0 aromatic rings. The number of carbonyl (C=O) groups excluding carboxylic acids is 1. The molecule has 2 heteroatoms. The van der Waals surface area contributed by atoms with Crippen molar-refractivity contribution in [3.8, 4) is 0 Å². The van der Waals surface area contributed by atoms with Crippen molar-refractivity contribution in [3.63, 3.8) is 0 Å². The van der Waals surface area contributed by atoms with Crippen molar-refractivity contribution in [1.29, 1.82) is 0 Å². The molecule has 0 N–H and O–H groups in total. The van der Waals surface area contributed by atoms with Gasteiger partial charge in [0, 0.05) is 5.92 Å². The molecule has 2 fully saturated rings. The van der Waals surface area contributed by atoms with Crippen LogP contribution in [0.1, 0.15) is 46.5 Å². The number of ketones is 1. The molecule has 0 amide bonds. The SMILES string of the molecule is CC(CC1COC(C)(C)C1=O)C1CCC1. The Morgan fingerprint density at radius 2 is 2.13 bits per heavy atom. The average Bonchev–Trinajstić information content (AvgIpc) is 2.29. The minimum atomic E-state index is -0.524. The molecule has 1 aliphatic heterocycles. The van der Waals surface area contributed by atoms with Gasteiger partial charge in [0.05, 0.1) is 6.61 Å².